The number of aromatic nitrogens is 2. The maximum Gasteiger partial charge on any atom is 0.328 e. The minimum atomic E-state index is -0.709. The van der Waals surface area contributed by atoms with Crippen LogP contribution in [0.3, 0.4) is 0 Å². The monoisotopic (exact) mass is 478 g/mol. The smallest absolute Gasteiger partial charge is 0.328 e. The van der Waals surface area contributed by atoms with Crippen LogP contribution in [0.1, 0.15) is 17.2 Å². The summed E-state index contributed by atoms with van der Waals surface area (Å²) in [4.78, 5) is 12.0. The van der Waals surface area contributed by atoms with Crippen LogP contribution in [0.2, 0.25) is 0 Å². The van der Waals surface area contributed by atoms with Crippen molar-refractivity contribution >= 4 is 60.9 Å². The van der Waals surface area contributed by atoms with Gasteiger partial charge in [0, 0.05) is 24.1 Å². The van der Waals surface area contributed by atoms with Crippen LogP contribution in [-0.4, -0.2) is 14.2 Å². The van der Waals surface area contributed by atoms with Crippen molar-refractivity contribution in [3.63, 3.8) is 0 Å². The first kappa shape index (κ1) is 15.3. The number of hydrogen-bond acceptors (Lipinski definition) is 3. The van der Waals surface area contributed by atoms with Gasteiger partial charge in [0.15, 0.2) is 0 Å². The van der Waals surface area contributed by atoms with Crippen molar-refractivity contribution in [2.24, 2.45) is 14.1 Å². The number of hydrogen-bond donors (Lipinski definition) is 1. The van der Waals surface area contributed by atoms with Crippen LogP contribution < -0.4 is 5.69 Å². The Morgan fingerprint density at radius 3 is 2.43 bits per heavy atom. The lowest BCUT2D eigenvalue weighted by molar-refractivity contribution is 0.220. The van der Waals surface area contributed by atoms with Gasteiger partial charge in [-0.3, -0.25) is 9.13 Å². The first-order valence-electron chi connectivity index (χ1n) is 6.17. The van der Waals surface area contributed by atoms with E-state index in [0.717, 1.165) is 29.5 Å². The average molecular weight is 479 g/mol. The van der Waals surface area contributed by atoms with Gasteiger partial charge in [0.25, 0.3) is 0 Å². The van der Waals surface area contributed by atoms with Crippen molar-refractivity contribution in [1.82, 2.24) is 9.13 Å². The Labute approximate surface area is 147 Å². The highest BCUT2D eigenvalue weighted by atomic mass is 127. The van der Waals surface area contributed by atoms with E-state index in [1.165, 1.54) is 0 Å². The third kappa shape index (κ3) is 2.49. The fraction of sp³-hybridized carbons (Fsp3) is 0.214. The molecule has 3 rings (SSSR count). The van der Waals surface area contributed by atoms with Gasteiger partial charge in [0.2, 0.25) is 0 Å². The molecule has 4 nitrogen and oxygen atoms in total. The Morgan fingerprint density at radius 2 is 1.86 bits per heavy atom. The quantitative estimate of drug-likeness (QED) is 0.574. The predicted octanol–water partition coefficient (Wildman–Crippen LogP) is 3.39. The van der Waals surface area contributed by atoms with Crippen molar-refractivity contribution in [2.45, 2.75) is 6.10 Å². The molecule has 21 heavy (non-hydrogen) atoms. The van der Waals surface area contributed by atoms with E-state index in [0.29, 0.717) is 0 Å². The molecule has 1 atom stereocenters. The molecule has 1 aromatic carbocycles. The summed E-state index contributed by atoms with van der Waals surface area (Å²) in [5.74, 6) is 0. The van der Waals surface area contributed by atoms with Crippen molar-refractivity contribution in [1.29, 1.82) is 0 Å². The fourth-order valence-electron chi connectivity index (χ4n) is 2.39. The van der Waals surface area contributed by atoms with E-state index in [1.807, 2.05) is 23.6 Å². The summed E-state index contributed by atoms with van der Waals surface area (Å²) >= 11 is 7.34. The zero-order valence-corrected chi connectivity index (χ0v) is 15.9. The average Bonchev–Trinajstić information content (AvgIpc) is 2.97. The first-order chi connectivity index (χ1) is 9.90. The Morgan fingerprint density at radius 1 is 1.24 bits per heavy atom. The van der Waals surface area contributed by atoms with Gasteiger partial charge in [-0.25, -0.2) is 4.79 Å². The van der Waals surface area contributed by atoms with Crippen molar-refractivity contribution in [2.75, 3.05) is 0 Å². The van der Waals surface area contributed by atoms with Gasteiger partial charge in [-0.15, -0.1) is 11.3 Å². The molecule has 1 unspecified atom stereocenters. The highest BCUT2D eigenvalue weighted by Gasteiger charge is 2.18. The maximum atomic E-state index is 12.0. The zero-order chi connectivity index (χ0) is 15.3. The van der Waals surface area contributed by atoms with Crippen molar-refractivity contribution in [3.05, 3.63) is 52.5 Å². The van der Waals surface area contributed by atoms with E-state index < -0.39 is 6.10 Å². The standard InChI is InChI=1S/C14H12BrIN2O2S/c1-17-10-4-8(13(19)7-3-12(16)21-6-7)9(15)5-11(10)18(2)14(17)20/h3-6,13,19H,1-2H3. The molecule has 0 bridgehead atoms. The predicted molar refractivity (Wildman–Crippen MR) is 97.0 cm³/mol. The molecule has 2 heterocycles. The Hall–Kier alpha value is -0.640. The summed E-state index contributed by atoms with van der Waals surface area (Å²) < 4.78 is 5.12. The van der Waals surface area contributed by atoms with Gasteiger partial charge in [-0.05, 0) is 51.7 Å². The molecule has 0 fully saturated rings. The minimum Gasteiger partial charge on any atom is -0.384 e. The topological polar surface area (TPSA) is 47.2 Å². The lowest BCUT2D eigenvalue weighted by Crippen LogP contribution is -2.19. The number of rotatable bonds is 2. The van der Waals surface area contributed by atoms with Crippen LogP contribution in [0.4, 0.5) is 0 Å². The van der Waals surface area contributed by atoms with Crippen LogP contribution in [0, 0.1) is 2.88 Å². The molecule has 0 aliphatic carbocycles. The fourth-order valence-corrected chi connectivity index (χ4v) is 4.33. The SMILES string of the molecule is Cn1c(=O)n(C)c2cc(C(O)c3csc(I)c3)c(Br)cc21. The molecule has 3 aromatic rings. The molecule has 7 heteroatoms. The van der Waals surface area contributed by atoms with Crippen LogP contribution in [-0.2, 0) is 14.1 Å². The van der Waals surface area contributed by atoms with E-state index in [2.05, 4.69) is 38.5 Å². The lowest BCUT2D eigenvalue weighted by Gasteiger charge is -2.12. The molecule has 2 aromatic heterocycles. The molecular weight excluding hydrogens is 467 g/mol. The number of nitrogens with zero attached hydrogens (tertiary/aromatic N) is 2. The van der Waals surface area contributed by atoms with Gasteiger partial charge < -0.3 is 5.11 Å². The summed E-state index contributed by atoms with van der Waals surface area (Å²) in [6, 6.07) is 5.72. The number of aryl methyl sites for hydroxylation is 2. The van der Waals surface area contributed by atoms with E-state index in [4.69, 9.17) is 0 Å². The van der Waals surface area contributed by atoms with E-state index in [1.54, 1.807) is 34.6 Å². The molecule has 1 N–H and O–H groups in total. The zero-order valence-electron chi connectivity index (χ0n) is 11.3. The second kappa shape index (κ2) is 5.53. The molecule has 110 valence electrons. The Kier molecular flexibility index (Phi) is 4.02. The third-order valence-corrected chi connectivity index (χ3v) is 6.08. The molecule has 0 amide bonds. The van der Waals surface area contributed by atoms with Crippen LogP contribution >= 0.6 is 49.9 Å². The molecule has 0 saturated carbocycles. The Bertz CT molecular complexity index is 896. The normalized spacial score (nSPS) is 13.0. The van der Waals surface area contributed by atoms with Crippen LogP contribution in [0.15, 0.2) is 32.8 Å². The summed E-state index contributed by atoms with van der Waals surface area (Å²) in [5.41, 5.74) is 3.20. The number of aliphatic hydroxyl groups excluding tert-OH is 1. The lowest BCUT2D eigenvalue weighted by atomic mass is 10.0. The molecule has 0 aliphatic rings. The van der Waals surface area contributed by atoms with Crippen LogP contribution in [0.5, 0.6) is 0 Å². The van der Waals surface area contributed by atoms with Crippen molar-refractivity contribution in [3.8, 4) is 0 Å². The molecule has 0 radical (unpaired) electrons. The third-order valence-electron chi connectivity index (χ3n) is 3.59. The summed E-state index contributed by atoms with van der Waals surface area (Å²) in [6.45, 7) is 0. The summed E-state index contributed by atoms with van der Waals surface area (Å²) in [7, 11) is 3.48. The minimum absolute atomic E-state index is 0.0754. The highest BCUT2D eigenvalue weighted by molar-refractivity contribution is 14.1. The second-order valence-electron chi connectivity index (χ2n) is 4.85. The van der Waals surface area contributed by atoms with Gasteiger partial charge >= 0.3 is 5.69 Å². The summed E-state index contributed by atoms with van der Waals surface area (Å²) in [6.07, 6.45) is -0.709. The van der Waals surface area contributed by atoms with Gasteiger partial charge in [0.05, 0.1) is 13.9 Å². The van der Waals surface area contributed by atoms with E-state index in [-0.39, 0.29) is 5.69 Å². The van der Waals surface area contributed by atoms with Gasteiger partial charge in [0.1, 0.15) is 6.10 Å². The maximum absolute atomic E-state index is 12.0. The van der Waals surface area contributed by atoms with Gasteiger partial charge in [-0.1, -0.05) is 15.9 Å². The number of halogens is 2. The largest absolute Gasteiger partial charge is 0.384 e. The number of benzene rings is 1. The first-order valence-corrected chi connectivity index (χ1v) is 8.92. The number of fused-ring (bicyclic) bond motifs is 1. The number of aliphatic hydroxyl groups is 1. The number of imidazole rings is 1. The molecule has 0 spiro atoms. The van der Waals surface area contributed by atoms with Crippen molar-refractivity contribution < 1.29 is 5.11 Å². The number of thiophene rings is 1. The molecule has 0 aliphatic heterocycles. The summed E-state index contributed by atoms with van der Waals surface area (Å²) in [5, 5.41) is 12.5. The van der Waals surface area contributed by atoms with Crippen LogP contribution in [0.25, 0.3) is 11.0 Å². The van der Waals surface area contributed by atoms with E-state index in [9.17, 15) is 9.90 Å². The molecule has 0 saturated heterocycles. The van der Waals surface area contributed by atoms with Gasteiger partial charge in [-0.2, -0.15) is 0 Å². The molecular formula is C14H12BrIN2O2S. The van der Waals surface area contributed by atoms with E-state index >= 15 is 0 Å². The second-order valence-corrected chi connectivity index (χ2v) is 8.51. The Balaban J connectivity index is 2.21. The highest BCUT2D eigenvalue weighted by Crippen LogP contribution is 2.33.